The molecule has 23 heavy (non-hydrogen) atoms. The van der Waals surface area contributed by atoms with E-state index < -0.39 is 17.1 Å². The Balaban J connectivity index is 2.89. The van der Waals surface area contributed by atoms with Crippen LogP contribution in [0.2, 0.25) is 0 Å². The molecular weight excluding hydrogens is 306 g/mol. The van der Waals surface area contributed by atoms with Crippen molar-refractivity contribution in [3.63, 3.8) is 0 Å². The molecule has 0 bridgehead atoms. The first-order valence-corrected chi connectivity index (χ1v) is 9.83. The third-order valence-corrected chi connectivity index (χ3v) is 5.77. The first kappa shape index (κ1) is 20.3. The van der Waals surface area contributed by atoms with Crippen LogP contribution in [0.25, 0.3) is 0 Å². The van der Waals surface area contributed by atoms with Crippen molar-refractivity contribution in [3.05, 3.63) is 35.9 Å². The molecule has 2 N–H and O–H groups in total. The van der Waals surface area contributed by atoms with Gasteiger partial charge >= 0.3 is 0 Å². The zero-order valence-corrected chi connectivity index (χ0v) is 16.0. The summed E-state index contributed by atoms with van der Waals surface area (Å²) in [6, 6.07) is 9.90. The second kappa shape index (κ2) is 9.55. The molecule has 0 saturated carbocycles. The quantitative estimate of drug-likeness (QED) is 0.657. The van der Waals surface area contributed by atoms with Crippen molar-refractivity contribution in [2.45, 2.75) is 77.2 Å². The van der Waals surface area contributed by atoms with Crippen molar-refractivity contribution < 1.29 is 9.32 Å². The van der Waals surface area contributed by atoms with E-state index in [9.17, 15) is 9.32 Å². The number of hydrogen-bond acceptors (Lipinski definition) is 2. The van der Waals surface area contributed by atoms with Crippen LogP contribution in [-0.4, -0.2) is 20.2 Å². The molecule has 1 aromatic carbocycles. The minimum Gasteiger partial charge on any atom is -0.393 e. The van der Waals surface area contributed by atoms with E-state index in [-0.39, 0.29) is 16.7 Å². The second-order valence-corrected chi connectivity index (χ2v) is 9.31. The maximum atomic E-state index is 12.6. The molecule has 0 amide bonds. The van der Waals surface area contributed by atoms with Crippen molar-refractivity contribution in [1.29, 1.82) is 0 Å². The van der Waals surface area contributed by atoms with E-state index in [1.807, 2.05) is 58.0 Å². The standard InChI is InChI=1S/C19H33NO2S/c1-6-7-9-14-17(21)15(2)18(16-12-10-8-11-13-16)20-23(22)19(3,4)5/h8,10-13,15,17-18,20-21H,6-7,9,14H2,1-5H3/t15-,17-,18-,23+/m1/s1. The lowest BCUT2D eigenvalue weighted by Gasteiger charge is -2.31. The molecule has 4 heteroatoms. The first-order chi connectivity index (χ1) is 10.8. The summed E-state index contributed by atoms with van der Waals surface area (Å²) in [7, 11) is -1.17. The van der Waals surface area contributed by atoms with Crippen LogP contribution >= 0.6 is 0 Å². The Kier molecular flexibility index (Phi) is 8.45. The maximum absolute atomic E-state index is 12.6. The fraction of sp³-hybridized carbons (Fsp3) is 0.684. The highest BCUT2D eigenvalue weighted by Crippen LogP contribution is 2.28. The van der Waals surface area contributed by atoms with Gasteiger partial charge in [0.15, 0.2) is 0 Å². The Morgan fingerprint density at radius 2 is 1.78 bits per heavy atom. The second-order valence-electron chi connectivity index (χ2n) is 7.31. The molecule has 4 atom stereocenters. The molecule has 3 nitrogen and oxygen atoms in total. The largest absolute Gasteiger partial charge is 0.393 e. The Morgan fingerprint density at radius 3 is 2.30 bits per heavy atom. The predicted molar refractivity (Wildman–Crippen MR) is 99.5 cm³/mol. The highest BCUT2D eigenvalue weighted by Gasteiger charge is 2.30. The molecule has 0 aliphatic rings. The van der Waals surface area contributed by atoms with Gasteiger partial charge in [-0.3, -0.25) is 0 Å². The number of aliphatic hydroxyl groups is 1. The smallest absolute Gasteiger partial charge is 0.0976 e. The number of nitrogens with one attached hydrogen (secondary N) is 1. The molecule has 0 aliphatic heterocycles. The molecule has 0 radical (unpaired) electrons. The average Bonchev–Trinajstić information content (AvgIpc) is 2.51. The number of rotatable bonds is 9. The molecule has 0 spiro atoms. The van der Waals surface area contributed by atoms with E-state index in [1.165, 1.54) is 0 Å². The topological polar surface area (TPSA) is 49.3 Å². The van der Waals surface area contributed by atoms with Gasteiger partial charge < -0.3 is 5.11 Å². The molecule has 0 aliphatic carbocycles. The maximum Gasteiger partial charge on any atom is 0.0976 e. The Morgan fingerprint density at radius 1 is 1.17 bits per heavy atom. The van der Waals surface area contributed by atoms with E-state index in [0.29, 0.717) is 0 Å². The monoisotopic (exact) mass is 339 g/mol. The van der Waals surface area contributed by atoms with Crippen LogP contribution in [-0.2, 0) is 11.0 Å². The highest BCUT2D eigenvalue weighted by atomic mass is 32.2. The number of aliphatic hydroxyl groups excluding tert-OH is 1. The summed E-state index contributed by atoms with van der Waals surface area (Å²) in [6.45, 7) is 10.1. The van der Waals surface area contributed by atoms with Gasteiger partial charge in [0.25, 0.3) is 0 Å². The highest BCUT2D eigenvalue weighted by molar-refractivity contribution is 7.84. The summed E-state index contributed by atoms with van der Waals surface area (Å²) < 4.78 is 15.5. The van der Waals surface area contributed by atoms with E-state index in [1.54, 1.807) is 0 Å². The van der Waals surface area contributed by atoms with Gasteiger partial charge in [-0.1, -0.05) is 63.4 Å². The molecule has 1 rings (SSSR count). The fourth-order valence-corrected chi connectivity index (χ4v) is 3.45. The van der Waals surface area contributed by atoms with Gasteiger partial charge in [0.2, 0.25) is 0 Å². The molecule has 1 aromatic rings. The van der Waals surface area contributed by atoms with E-state index in [2.05, 4.69) is 11.6 Å². The van der Waals surface area contributed by atoms with Gasteiger partial charge in [-0.05, 0) is 32.8 Å². The minimum absolute atomic E-state index is 0.000515. The zero-order chi connectivity index (χ0) is 17.5. The summed E-state index contributed by atoms with van der Waals surface area (Å²) in [5, 5.41) is 10.6. The third kappa shape index (κ3) is 6.74. The van der Waals surface area contributed by atoms with Gasteiger partial charge in [-0.15, -0.1) is 0 Å². The summed E-state index contributed by atoms with van der Waals surface area (Å²) in [5.41, 5.74) is 1.08. The van der Waals surface area contributed by atoms with Crippen molar-refractivity contribution in [1.82, 2.24) is 4.72 Å². The number of hydrogen-bond donors (Lipinski definition) is 2. The van der Waals surface area contributed by atoms with Gasteiger partial charge in [-0.25, -0.2) is 8.93 Å². The van der Waals surface area contributed by atoms with Crippen LogP contribution in [0.4, 0.5) is 0 Å². The van der Waals surface area contributed by atoms with E-state index in [4.69, 9.17) is 0 Å². The van der Waals surface area contributed by atoms with Crippen molar-refractivity contribution in [3.8, 4) is 0 Å². The minimum atomic E-state index is -1.17. The summed E-state index contributed by atoms with van der Waals surface area (Å²) in [4.78, 5) is 0. The third-order valence-electron chi connectivity index (χ3n) is 4.19. The van der Waals surface area contributed by atoms with Crippen LogP contribution < -0.4 is 4.72 Å². The molecule has 0 unspecified atom stereocenters. The average molecular weight is 340 g/mol. The lowest BCUT2D eigenvalue weighted by Crippen LogP contribution is -2.40. The Hall–Kier alpha value is -0.710. The molecule has 0 heterocycles. The van der Waals surface area contributed by atoms with Crippen molar-refractivity contribution >= 4 is 11.0 Å². The van der Waals surface area contributed by atoms with Crippen LogP contribution in [0.5, 0.6) is 0 Å². The lowest BCUT2D eigenvalue weighted by atomic mass is 9.88. The van der Waals surface area contributed by atoms with Gasteiger partial charge in [0.05, 0.1) is 21.8 Å². The normalized spacial score (nSPS) is 17.5. The molecule has 0 fully saturated rings. The zero-order valence-electron chi connectivity index (χ0n) is 15.2. The fourth-order valence-electron chi connectivity index (χ4n) is 2.52. The molecule has 132 valence electrons. The molecular formula is C19H33NO2S. The number of unbranched alkanes of at least 4 members (excludes halogenated alkanes) is 2. The van der Waals surface area contributed by atoms with Crippen molar-refractivity contribution in [2.24, 2.45) is 5.92 Å². The van der Waals surface area contributed by atoms with Gasteiger partial charge in [0, 0.05) is 12.0 Å². The van der Waals surface area contributed by atoms with Crippen LogP contribution in [0.3, 0.4) is 0 Å². The van der Waals surface area contributed by atoms with Crippen LogP contribution in [0, 0.1) is 5.92 Å². The van der Waals surface area contributed by atoms with Crippen molar-refractivity contribution in [2.75, 3.05) is 0 Å². The van der Waals surface area contributed by atoms with Crippen LogP contribution in [0.15, 0.2) is 30.3 Å². The first-order valence-electron chi connectivity index (χ1n) is 8.68. The Bertz CT molecular complexity index is 470. The lowest BCUT2D eigenvalue weighted by molar-refractivity contribution is 0.0881. The summed E-state index contributed by atoms with van der Waals surface area (Å²) >= 11 is 0. The van der Waals surface area contributed by atoms with E-state index in [0.717, 1.165) is 31.2 Å². The van der Waals surface area contributed by atoms with E-state index >= 15 is 0 Å². The molecule has 0 saturated heterocycles. The summed E-state index contributed by atoms with van der Waals surface area (Å²) in [5.74, 6) is 0.000515. The number of benzene rings is 1. The van der Waals surface area contributed by atoms with Crippen LogP contribution in [0.1, 0.15) is 71.9 Å². The van der Waals surface area contributed by atoms with Gasteiger partial charge in [0.1, 0.15) is 0 Å². The summed E-state index contributed by atoms with van der Waals surface area (Å²) in [6.07, 6.45) is 3.72. The Labute approximate surface area is 144 Å². The van der Waals surface area contributed by atoms with Gasteiger partial charge in [-0.2, -0.15) is 0 Å². The predicted octanol–water partition coefficient (Wildman–Crippen LogP) is 4.36. The molecule has 0 aromatic heterocycles. The SMILES string of the molecule is CCCCC[C@@H](O)[C@@H](C)[C@@H](N[S@@](=O)C(C)(C)C)c1ccccc1.